The summed E-state index contributed by atoms with van der Waals surface area (Å²) in [6.45, 7) is 8.55. The van der Waals surface area contributed by atoms with Crippen molar-refractivity contribution in [1.82, 2.24) is 24.0 Å². The number of fused-ring (bicyclic) bond motifs is 1. The van der Waals surface area contributed by atoms with Crippen LogP contribution in [0.25, 0.3) is 0 Å². The second-order valence-electron chi connectivity index (χ2n) is 13.1. The molecule has 0 radical (unpaired) electrons. The van der Waals surface area contributed by atoms with Crippen molar-refractivity contribution in [2.75, 3.05) is 47.4 Å². The number of rotatable bonds is 10. The zero-order chi connectivity index (χ0) is 31.6. The smallest absolute Gasteiger partial charge is 0.249 e. The van der Waals surface area contributed by atoms with Crippen molar-refractivity contribution in [3.05, 3.63) is 47.3 Å². The Morgan fingerprint density at radius 3 is 2.43 bits per heavy atom. The number of aromatic nitrogens is 1. The molecule has 10 nitrogen and oxygen atoms in total. The highest BCUT2D eigenvalue weighted by molar-refractivity contribution is 7.89. The van der Waals surface area contributed by atoms with Crippen LogP contribution in [0.15, 0.2) is 35.4 Å². The number of aryl methyl sites for hydroxylation is 2. The molecular formula is C33H51N5O5S. The summed E-state index contributed by atoms with van der Waals surface area (Å²) in [5, 5.41) is 3.26. The van der Waals surface area contributed by atoms with Crippen LogP contribution in [0.5, 0.6) is 5.75 Å². The Morgan fingerprint density at radius 1 is 1.07 bits per heavy atom. The van der Waals surface area contributed by atoms with E-state index >= 15 is 0 Å². The molecule has 2 fully saturated rings. The molecule has 1 amide bonds. The molecule has 0 spiro atoms. The summed E-state index contributed by atoms with van der Waals surface area (Å²) in [7, 11) is 2.05. The Balaban J connectivity index is 1.23. The minimum Gasteiger partial charge on any atom is -0.497 e. The largest absolute Gasteiger partial charge is 0.497 e. The predicted octanol–water partition coefficient (Wildman–Crippen LogP) is 3.72. The highest BCUT2D eigenvalue weighted by atomic mass is 32.2. The van der Waals surface area contributed by atoms with Gasteiger partial charge >= 0.3 is 0 Å². The fourth-order valence-corrected chi connectivity index (χ4v) is 9.47. The number of amides is 1. The van der Waals surface area contributed by atoms with Crippen LogP contribution >= 0.6 is 0 Å². The SMILES string of the molecule is COc1cc(C)c(S(=O)(=O)N2CCn3cccc3C2COC(C)C(=O)NC2CCCC(N3CCC(N(C)C)CC3)C2)c(C)c1. The fourth-order valence-electron chi connectivity index (χ4n) is 7.48. The van der Waals surface area contributed by atoms with Gasteiger partial charge in [0.1, 0.15) is 11.9 Å². The molecule has 3 aliphatic rings. The van der Waals surface area contributed by atoms with Crippen molar-refractivity contribution < 1.29 is 22.7 Å². The summed E-state index contributed by atoms with van der Waals surface area (Å²) < 4.78 is 43.5. The summed E-state index contributed by atoms with van der Waals surface area (Å²) in [5.41, 5.74) is 2.15. The van der Waals surface area contributed by atoms with Gasteiger partial charge in [-0.05, 0) is 122 Å². The van der Waals surface area contributed by atoms with Gasteiger partial charge in [0.2, 0.25) is 15.9 Å². The van der Waals surface area contributed by atoms with E-state index in [0.29, 0.717) is 46.9 Å². The van der Waals surface area contributed by atoms with Crippen molar-refractivity contribution in [1.29, 1.82) is 0 Å². The predicted molar refractivity (Wildman–Crippen MR) is 171 cm³/mol. The first-order valence-electron chi connectivity index (χ1n) is 16.1. The third kappa shape index (κ3) is 7.02. The lowest BCUT2D eigenvalue weighted by Crippen LogP contribution is -2.51. The molecular weight excluding hydrogens is 578 g/mol. The third-order valence-electron chi connectivity index (χ3n) is 9.96. The van der Waals surface area contributed by atoms with Crippen molar-refractivity contribution in [3.63, 3.8) is 0 Å². The number of piperidine rings is 1. The topological polar surface area (TPSA) is 96.3 Å². The fraction of sp³-hybridized carbons (Fsp3) is 0.667. The van der Waals surface area contributed by atoms with Gasteiger partial charge in [0, 0.05) is 43.1 Å². The molecule has 1 aliphatic carbocycles. The van der Waals surface area contributed by atoms with E-state index in [-0.39, 0.29) is 18.6 Å². The summed E-state index contributed by atoms with van der Waals surface area (Å²) >= 11 is 0. The number of benzene rings is 1. The molecule has 2 aromatic rings. The van der Waals surface area contributed by atoms with Crippen molar-refractivity contribution in [3.8, 4) is 5.75 Å². The second-order valence-corrected chi connectivity index (χ2v) is 14.9. The van der Waals surface area contributed by atoms with Crippen LogP contribution in [-0.4, -0.2) is 105 Å². The molecule has 244 valence electrons. The lowest BCUT2D eigenvalue weighted by atomic mass is 9.88. The van der Waals surface area contributed by atoms with Gasteiger partial charge in [-0.25, -0.2) is 8.42 Å². The number of hydrogen-bond acceptors (Lipinski definition) is 7. The van der Waals surface area contributed by atoms with E-state index in [0.717, 1.165) is 38.0 Å². The third-order valence-corrected chi connectivity index (χ3v) is 12.2. The molecule has 4 atom stereocenters. The first kappa shape index (κ1) is 32.9. The number of nitrogens with zero attached hydrogens (tertiary/aromatic N) is 4. The first-order valence-corrected chi connectivity index (χ1v) is 17.6. The summed E-state index contributed by atoms with van der Waals surface area (Å²) in [6.07, 6.45) is 7.89. The maximum absolute atomic E-state index is 14.2. The van der Waals surface area contributed by atoms with Crippen LogP contribution in [0, 0.1) is 13.8 Å². The van der Waals surface area contributed by atoms with E-state index in [1.165, 1.54) is 19.3 Å². The number of likely N-dealkylation sites (tertiary alicyclic amines) is 1. The van der Waals surface area contributed by atoms with Gasteiger partial charge in [-0.15, -0.1) is 0 Å². The van der Waals surface area contributed by atoms with Crippen LogP contribution in [0.2, 0.25) is 0 Å². The number of carbonyl (C=O) groups excluding carboxylic acids is 1. The average molecular weight is 630 g/mol. The standard InChI is InChI=1S/C33H51N5O5S/c1-23-19-29(42-6)20-24(2)32(23)44(40,41)38-18-17-37-14-8-11-30(37)31(38)22-43-25(3)33(39)34-26-9-7-10-28(21-26)36-15-12-27(13-16-36)35(4)5/h8,11,14,19-20,25-28,31H,7,9-10,12-13,15-18,21-22H2,1-6H3,(H,34,39). The van der Waals surface area contributed by atoms with Gasteiger partial charge < -0.3 is 29.2 Å². The van der Waals surface area contributed by atoms with Gasteiger partial charge in [0.15, 0.2) is 0 Å². The molecule has 44 heavy (non-hydrogen) atoms. The lowest BCUT2D eigenvalue weighted by Gasteiger charge is -2.42. The van der Waals surface area contributed by atoms with Gasteiger partial charge in [-0.2, -0.15) is 4.31 Å². The number of hydrogen-bond donors (Lipinski definition) is 1. The summed E-state index contributed by atoms with van der Waals surface area (Å²) in [5.74, 6) is 0.494. The Labute approximate surface area is 263 Å². The van der Waals surface area contributed by atoms with E-state index in [4.69, 9.17) is 9.47 Å². The molecule has 1 N–H and O–H groups in total. The van der Waals surface area contributed by atoms with Crippen LogP contribution in [0.1, 0.15) is 68.3 Å². The van der Waals surface area contributed by atoms with E-state index in [1.807, 2.05) is 18.3 Å². The average Bonchev–Trinajstić information content (AvgIpc) is 3.48. The summed E-state index contributed by atoms with van der Waals surface area (Å²) in [6, 6.07) is 8.13. The maximum Gasteiger partial charge on any atom is 0.249 e. The van der Waals surface area contributed by atoms with E-state index < -0.39 is 22.2 Å². The molecule has 11 heteroatoms. The highest BCUT2D eigenvalue weighted by Crippen LogP contribution is 2.36. The van der Waals surface area contributed by atoms with Crippen LogP contribution in [0.3, 0.4) is 0 Å². The Bertz CT molecular complexity index is 1380. The number of sulfonamides is 1. The Hall–Kier alpha value is -2.44. The molecule has 5 rings (SSSR count). The Morgan fingerprint density at radius 2 is 1.77 bits per heavy atom. The normalized spacial score (nSPS) is 24.7. The van der Waals surface area contributed by atoms with Gasteiger partial charge in [0.05, 0.1) is 24.7 Å². The minimum atomic E-state index is -3.86. The van der Waals surface area contributed by atoms with E-state index in [1.54, 1.807) is 44.3 Å². The molecule has 1 aromatic carbocycles. The molecule has 0 bridgehead atoms. The zero-order valence-electron chi connectivity index (χ0n) is 27.3. The van der Waals surface area contributed by atoms with E-state index in [2.05, 4.69) is 33.8 Å². The van der Waals surface area contributed by atoms with Crippen molar-refractivity contribution >= 4 is 15.9 Å². The Kier molecular flexibility index (Phi) is 10.4. The summed E-state index contributed by atoms with van der Waals surface area (Å²) in [4.78, 5) is 18.6. The molecule has 1 saturated heterocycles. The monoisotopic (exact) mass is 629 g/mol. The van der Waals surface area contributed by atoms with E-state index in [9.17, 15) is 13.2 Å². The number of methoxy groups -OCH3 is 1. The van der Waals surface area contributed by atoms with Crippen molar-refractivity contribution in [2.45, 2.75) is 101 Å². The first-order chi connectivity index (χ1) is 21.0. The van der Waals surface area contributed by atoms with Gasteiger partial charge in [0.25, 0.3) is 0 Å². The molecule has 3 heterocycles. The molecule has 4 unspecified atom stereocenters. The van der Waals surface area contributed by atoms with Crippen LogP contribution < -0.4 is 10.1 Å². The molecule has 1 saturated carbocycles. The minimum absolute atomic E-state index is 0.0835. The van der Waals surface area contributed by atoms with Crippen LogP contribution in [0.4, 0.5) is 0 Å². The quantitative estimate of drug-likeness (QED) is 0.428. The van der Waals surface area contributed by atoms with Gasteiger partial charge in [-0.1, -0.05) is 0 Å². The van der Waals surface area contributed by atoms with Crippen molar-refractivity contribution in [2.24, 2.45) is 0 Å². The maximum atomic E-state index is 14.2. The number of carbonyl (C=O) groups is 1. The number of nitrogens with one attached hydrogen (secondary N) is 1. The highest BCUT2D eigenvalue weighted by Gasteiger charge is 2.39. The molecule has 1 aromatic heterocycles. The number of ether oxygens (including phenoxy) is 2. The van der Waals surface area contributed by atoms with Crippen LogP contribution in [-0.2, 0) is 26.1 Å². The second kappa shape index (κ2) is 13.9. The zero-order valence-corrected chi connectivity index (χ0v) is 28.1. The van der Waals surface area contributed by atoms with Gasteiger partial charge in [-0.3, -0.25) is 4.79 Å². The lowest BCUT2D eigenvalue weighted by molar-refractivity contribution is -0.133. The molecule has 2 aliphatic heterocycles.